The summed E-state index contributed by atoms with van der Waals surface area (Å²) in [6.45, 7) is 3.95. The van der Waals surface area contributed by atoms with E-state index in [1.165, 1.54) is 11.3 Å². The average Bonchev–Trinajstić information content (AvgIpc) is 3.06. The molecule has 0 fully saturated rings. The van der Waals surface area contributed by atoms with Crippen molar-refractivity contribution in [1.29, 1.82) is 0 Å². The Kier molecular flexibility index (Phi) is 3.30. The lowest BCUT2D eigenvalue weighted by molar-refractivity contribution is 0.317. The van der Waals surface area contributed by atoms with E-state index in [0.717, 1.165) is 18.9 Å². The zero-order valence-corrected chi connectivity index (χ0v) is 11.5. The molecule has 0 saturated carbocycles. The minimum Gasteiger partial charge on any atom is -0.493 e. The highest BCUT2D eigenvalue weighted by Gasteiger charge is 2.24. The predicted octanol–water partition coefficient (Wildman–Crippen LogP) is 2.94. The van der Waals surface area contributed by atoms with Gasteiger partial charge in [-0.25, -0.2) is 0 Å². The van der Waals surface area contributed by atoms with E-state index in [2.05, 4.69) is 53.3 Å². The van der Waals surface area contributed by atoms with Gasteiger partial charge in [0.15, 0.2) is 0 Å². The van der Waals surface area contributed by atoms with E-state index in [1.807, 2.05) is 13.1 Å². The zero-order chi connectivity index (χ0) is 13.2. The van der Waals surface area contributed by atoms with Crippen LogP contribution in [0.25, 0.3) is 0 Å². The van der Waals surface area contributed by atoms with Gasteiger partial charge in [0.25, 0.3) is 0 Å². The minimum absolute atomic E-state index is 0.368. The van der Waals surface area contributed by atoms with Crippen molar-refractivity contribution < 1.29 is 4.74 Å². The van der Waals surface area contributed by atoms with Gasteiger partial charge in [0.1, 0.15) is 5.75 Å². The van der Waals surface area contributed by atoms with Crippen molar-refractivity contribution in [2.24, 2.45) is 0 Å². The van der Waals surface area contributed by atoms with Gasteiger partial charge in [-0.15, -0.1) is 0 Å². The third-order valence-corrected chi connectivity index (χ3v) is 3.96. The van der Waals surface area contributed by atoms with Crippen molar-refractivity contribution in [2.45, 2.75) is 25.4 Å². The van der Waals surface area contributed by atoms with E-state index < -0.39 is 0 Å². The number of rotatable bonds is 4. The Bertz CT molecular complexity index is 561. The molecule has 0 aliphatic carbocycles. The molecule has 3 heteroatoms. The molecule has 1 aromatic carbocycles. The summed E-state index contributed by atoms with van der Waals surface area (Å²) < 4.78 is 8.09. The molecule has 19 heavy (non-hydrogen) atoms. The first-order chi connectivity index (χ1) is 9.29. The van der Waals surface area contributed by atoms with Crippen molar-refractivity contribution >= 4 is 0 Å². The second-order valence-electron chi connectivity index (χ2n) is 5.14. The van der Waals surface area contributed by atoms with Crippen molar-refractivity contribution in [1.82, 2.24) is 9.88 Å². The molecule has 0 amide bonds. The second-order valence-corrected chi connectivity index (χ2v) is 5.14. The zero-order valence-electron chi connectivity index (χ0n) is 11.5. The predicted molar refractivity (Wildman–Crippen MR) is 76.6 cm³/mol. The van der Waals surface area contributed by atoms with E-state index in [4.69, 9.17) is 4.74 Å². The van der Waals surface area contributed by atoms with E-state index in [9.17, 15) is 0 Å². The Labute approximate surface area is 114 Å². The van der Waals surface area contributed by atoms with Gasteiger partial charge < -0.3 is 14.6 Å². The maximum Gasteiger partial charge on any atom is 0.122 e. The SMILES string of the molecule is CNC(C)c1cccn1CC1COc2ccccc21. The highest BCUT2D eigenvalue weighted by atomic mass is 16.5. The van der Waals surface area contributed by atoms with Crippen LogP contribution in [0.1, 0.15) is 30.1 Å². The molecule has 2 atom stereocenters. The van der Waals surface area contributed by atoms with Gasteiger partial charge in [-0.05, 0) is 32.2 Å². The minimum atomic E-state index is 0.368. The van der Waals surface area contributed by atoms with E-state index in [-0.39, 0.29) is 0 Å². The number of fused-ring (bicyclic) bond motifs is 1. The van der Waals surface area contributed by atoms with Gasteiger partial charge in [-0.2, -0.15) is 0 Å². The molecule has 1 aliphatic heterocycles. The number of benzene rings is 1. The van der Waals surface area contributed by atoms with Gasteiger partial charge in [0.2, 0.25) is 0 Å². The summed E-state index contributed by atoms with van der Waals surface area (Å²) in [5.41, 5.74) is 2.66. The molecule has 3 nitrogen and oxygen atoms in total. The molecule has 100 valence electrons. The lowest BCUT2D eigenvalue weighted by Crippen LogP contribution is -2.19. The van der Waals surface area contributed by atoms with Crippen molar-refractivity contribution in [3.05, 3.63) is 53.9 Å². The topological polar surface area (TPSA) is 26.2 Å². The summed E-state index contributed by atoms with van der Waals surface area (Å²) >= 11 is 0. The number of para-hydroxylation sites is 1. The van der Waals surface area contributed by atoms with Crippen molar-refractivity contribution in [2.75, 3.05) is 13.7 Å². The summed E-state index contributed by atoms with van der Waals surface area (Å²) in [7, 11) is 2.00. The number of nitrogens with zero attached hydrogens (tertiary/aromatic N) is 1. The average molecular weight is 256 g/mol. The highest BCUT2D eigenvalue weighted by molar-refractivity contribution is 5.39. The monoisotopic (exact) mass is 256 g/mol. The van der Waals surface area contributed by atoms with Crippen molar-refractivity contribution in [3.63, 3.8) is 0 Å². The molecular formula is C16H20N2O. The number of aromatic nitrogens is 1. The molecule has 0 spiro atoms. The number of ether oxygens (including phenoxy) is 1. The third-order valence-electron chi connectivity index (χ3n) is 3.96. The smallest absolute Gasteiger partial charge is 0.122 e. The highest BCUT2D eigenvalue weighted by Crippen LogP contribution is 2.34. The van der Waals surface area contributed by atoms with E-state index in [0.29, 0.717) is 12.0 Å². The summed E-state index contributed by atoms with van der Waals surface area (Å²) in [6, 6.07) is 13.0. The molecule has 1 aromatic heterocycles. The maximum atomic E-state index is 5.76. The Morgan fingerprint density at radius 1 is 1.32 bits per heavy atom. The van der Waals surface area contributed by atoms with Crippen LogP contribution in [0.5, 0.6) is 5.75 Å². The lowest BCUT2D eigenvalue weighted by atomic mass is 10.0. The summed E-state index contributed by atoms with van der Waals surface area (Å²) in [4.78, 5) is 0. The number of hydrogen-bond acceptors (Lipinski definition) is 2. The van der Waals surface area contributed by atoms with Gasteiger partial charge in [0.05, 0.1) is 6.61 Å². The fraction of sp³-hybridized carbons (Fsp3) is 0.375. The molecule has 2 heterocycles. The van der Waals surface area contributed by atoms with Crippen LogP contribution in [0.2, 0.25) is 0 Å². The first kappa shape index (κ1) is 12.3. The molecule has 0 bridgehead atoms. The van der Waals surface area contributed by atoms with Crippen LogP contribution in [-0.2, 0) is 6.54 Å². The Morgan fingerprint density at radius 2 is 2.16 bits per heavy atom. The molecule has 0 saturated heterocycles. The van der Waals surface area contributed by atoms with Crippen LogP contribution in [-0.4, -0.2) is 18.2 Å². The lowest BCUT2D eigenvalue weighted by Gasteiger charge is -2.17. The molecule has 2 aromatic rings. The summed E-state index contributed by atoms with van der Waals surface area (Å²) in [6.07, 6.45) is 2.16. The fourth-order valence-corrected chi connectivity index (χ4v) is 2.75. The van der Waals surface area contributed by atoms with Crippen LogP contribution < -0.4 is 10.1 Å². The second kappa shape index (κ2) is 5.10. The van der Waals surface area contributed by atoms with Gasteiger partial charge >= 0.3 is 0 Å². The van der Waals surface area contributed by atoms with Crippen LogP contribution >= 0.6 is 0 Å². The van der Waals surface area contributed by atoms with Gasteiger partial charge in [0, 0.05) is 36.0 Å². The Hall–Kier alpha value is -1.74. The summed E-state index contributed by atoms with van der Waals surface area (Å²) in [5.74, 6) is 1.49. The Morgan fingerprint density at radius 3 is 3.00 bits per heavy atom. The van der Waals surface area contributed by atoms with E-state index >= 15 is 0 Å². The Balaban J connectivity index is 1.82. The standard InChI is InChI=1S/C16H20N2O/c1-12(17-2)15-7-5-9-18(15)10-13-11-19-16-8-4-3-6-14(13)16/h3-9,12-13,17H,10-11H2,1-2H3. The molecule has 3 rings (SSSR count). The normalized spacial score (nSPS) is 18.9. The van der Waals surface area contributed by atoms with E-state index in [1.54, 1.807) is 0 Å². The number of hydrogen-bond donors (Lipinski definition) is 1. The first-order valence-electron chi connectivity index (χ1n) is 6.83. The largest absolute Gasteiger partial charge is 0.493 e. The van der Waals surface area contributed by atoms with Gasteiger partial charge in [-0.1, -0.05) is 18.2 Å². The molecule has 1 N–H and O–H groups in total. The number of nitrogens with one attached hydrogen (secondary N) is 1. The molecular weight excluding hydrogens is 236 g/mol. The van der Waals surface area contributed by atoms with Crippen LogP contribution in [0.3, 0.4) is 0 Å². The first-order valence-corrected chi connectivity index (χ1v) is 6.83. The van der Waals surface area contributed by atoms with Crippen LogP contribution in [0.4, 0.5) is 0 Å². The van der Waals surface area contributed by atoms with Crippen LogP contribution in [0.15, 0.2) is 42.6 Å². The third kappa shape index (κ3) is 2.26. The maximum absolute atomic E-state index is 5.76. The fourth-order valence-electron chi connectivity index (χ4n) is 2.75. The quantitative estimate of drug-likeness (QED) is 0.910. The van der Waals surface area contributed by atoms with Crippen LogP contribution in [0, 0.1) is 0 Å². The molecule has 1 aliphatic rings. The molecule has 0 radical (unpaired) electrons. The molecule has 2 unspecified atom stereocenters. The van der Waals surface area contributed by atoms with Crippen molar-refractivity contribution in [3.8, 4) is 5.75 Å². The summed E-state index contributed by atoms with van der Waals surface area (Å²) in [5, 5.41) is 3.30. The van der Waals surface area contributed by atoms with Gasteiger partial charge in [-0.3, -0.25) is 0 Å².